The molecule has 0 saturated carbocycles. The van der Waals surface area contributed by atoms with E-state index >= 15 is 0 Å². The van der Waals surface area contributed by atoms with Gasteiger partial charge in [0.25, 0.3) is 0 Å². The van der Waals surface area contributed by atoms with Crippen LogP contribution in [0.1, 0.15) is 5.56 Å². The molecule has 0 amide bonds. The van der Waals surface area contributed by atoms with Crippen molar-refractivity contribution in [2.24, 2.45) is 0 Å². The van der Waals surface area contributed by atoms with Crippen LogP contribution in [0.3, 0.4) is 0 Å². The molecule has 1 N–H and O–H groups in total. The summed E-state index contributed by atoms with van der Waals surface area (Å²) in [5.41, 5.74) is 1.27. The van der Waals surface area contributed by atoms with Crippen LogP contribution in [-0.4, -0.2) is 42.2 Å². The zero-order chi connectivity index (χ0) is 19.7. The molecule has 1 saturated heterocycles. The predicted octanol–water partition coefficient (Wildman–Crippen LogP) is 4.87. The molecule has 4 rings (SSSR count). The quantitative estimate of drug-likeness (QED) is 0.580. The molecule has 4 nitrogen and oxygen atoms in total. The zero-order valence-electron chi connectivity index (χ0n) is 16.1. The van der Waals surface area contributed by atoms with E-state index in [1.165, 1.54) is 11.8 Å². The highest BCUT2D eigenvalue weighted by Crippen LogP contribution is 2.32. The maximum atomic E-state index is 12.9. The van der Waals surface area contributed by atoms with Crippen molar-refractivity contribution in [3.8, 4) is 0 Å². The van der Waals surface area contributed by atoms with Gasteiger partial charge in [-0.1, -0.05) is 29.5 Å². The fourth-order valence-electron chi connectivity index (χ4n) is 3.60. The van der Waals surface area contributed by atoms with Gasteiger partial charge in [-0.2, -0.15) is 13.2 Å². The monoisotopic (exact) mass is 478 g/mol. The normalized spacial score (nSPS) is 15.0. The van der Waals surface area contributed by atoms with Gasteiger partial charge in [-0.3, -0.25) is 10.3 Å². The number of halogens is 5. The average molecular weight is 479 g/mol. The van der Waals surface area contributed by atoms with Crippen molar-refractivity contribution in [2.45, 2.75) is 12.7 Å². The number of nitrogens with one attached hydrogen (secondary N) is 1. The van der Waals surface area contributed by atoms with E-state index in [1.807, 2.05) is 22.8 Å². The molecule has 2 heterocycles. The largest absolute Gasteiger partial charge is 0.416 e. The third kappa shape index (κ3) is 5.29. The van der Waals surface area contributed by atoms with E-state index < -0.39 is 11.7 Å². The summed E-state index contributed by atoms with van der Waals surface area (Å²) >= 11 is 1.10. The van der Waals surface area contributed by atoms with Gasteiger partial charge in [0.05, 0.1) is 15.8 Å². The molecule has 0 unspecified atom stereocenters. The number of hydrogen-bond donors (Lipinski definition) is 1. The number of fused-ring (bicyclic) bond motifs is 1. The van der Waals surface area contributed by atoms with E-state index in [1.54, 1.807) is 0 Å². The Hall–Kier alpha value is -1.74. The van der Waals surface area contributed by atoms with Gasteiger partial charge in [-0.05, 0) is 30.3 Å². The maximum absolute atomic E-state index is 12.9. The Balaban J connectivity index is 0.00000160. The standard InChI is InChI=1S/C20H21F3N4S.2ClH/c21-20(22,23)15-6-7-17-18(14-15)28-19(24)27(17)13-10-25-8-11-26(12-9-25)16-4-2-1-3-5-16;;/h1-7,14,24H,8-13H2;2*1H. The molecule has 0 aliphatic carbocycles. The fraction of sp³-hybridized carbons (Fsp3) is 0.350. The molecule has 0 bridgehead atoms. The van der Waals surface area contributed by atoms with E-state index in [-0.39, 0.29) is 29.6 Å². The zero-order valence-corrected chi connectivity index (χ0v) is 18.5. The van der Waals surface area contributed by atoms with Crippen LogP contribution in [0.5, 0.6) is 0 Å². The lowest BCUT2D eigenvalue weighted by atomic mass is 10.2. The van der Waals surface area contributed by atoms with Crippen molar-refractivity contribution >= 4 is 52.1 Å². The third-order valence-electron chi connectivity index (χ3n) is 5.16. The van der Waals surface area contributed by atoms with Gasteiger partial charge in [-0.15, -0.1) is 24.8 Å². The molecule has 3 aromatic rings. The third-order valence-corrected chi connectivity index (χ3v) is 6.12. The van der Waals surface area contributed by atoms with E-state index in [0.717, 1.165) is 56.2 Å². The Morgan fingerprint density at radius 2 is 1.57 bits per heavy atom. The first kappa shape index (κ1) is 24.5. The number of thiazole rings is 1. The second-order valence-corrected chi connectivity index (χ2v) is 7.93. The Labute approximate surface area is 189 Å². The van der Waals surface area contributed by atoms with Gasteiger partial charge in [0.1, 0.15) is 0 Å². The van der Waals surface area contributed by atoms with Gasteiger partial charge >= 0.3 is 6.18 Å². The molecule has 2 aromatic carbocycles. The summed E-state index contributed by atoms with van der Waals surface area (Å²) < 4.78 is 41.0. The Kier molecular flexibility index (Phi) is 8.21. The summed E-state index contributed by atoms with van der Waals surface area (Å²) in [6.45, 7) is 5.15. The summed E-state index contributed by atoms with van der Waals surface area (Å²) in [7, 11) is 0. The van der Waals surface area contributed by atoms with Gasteiger partial charge < -0.3 is 9.47 Å². The van der Waals surface area contributed by atoms with Crippen LogP contribution >= 0.6 is 36.2 Å². The fourth-order valence-corrected chi connectivity index (χ4v) is 4.57. The van der Waals surface area contributed by atoms with Crippen LogP contribution in [0.15, 0.2) is 48.5 Å². The van der Waals surface area contributed by atoms with E-state index in [0.29, 0.717) is 16.8 Å². The number of rotatable bonds is 4. The minimum atomic E-state index is -4.36. The highest BCUT2D eigenvalue weighted by Gasteiger charge is 2.30. The van der Waals surface area contributed by atoms with Crippen molar-refractivity contribution in [3.05, 3.63) is 58.9 Å². The summed E-state index contributed by atoms with van der Waals surface area (Å²) in [5, 5.41) is 8.16. The SMILES string of the molecule is Cl.Cl.N=c1sc2cc(C(F)(F)F)ccc2n1CCN1CCN(c2ccccc2)CC1. The smallest absolute Gasteiger partial charge is 0.369 e. The summed E-state index contributed by atoms with van der Waals surface area (Å²) in [5.74, 6) is 0. The molecule has 0 spiro atoms. The van der Waals surface area contributed by atoms with Gasteiger partial charge in [0.2, 0.25) is 0 Å². The number of piperazine rings is 1. The van der Waals surface area contributed by atoms with Crippen LogP contribution in [0, 0.1) is 5.41 Å². The molecular weight excluding hydrogens is 456 g/mol. The Bertz CT molecular complexity index is 1010. The molecular formula is C20H23Cl2F3N4S. The highest BCUT2D eigenvalue weighted by molar-refractivity contribution is 7.16. The summed E-state index contributed by atoms with van der Waals surface area (Å²) in [6, 6.07) is 14.1. The van der Waals surface area contributed by atoms with Crippen LogP contribution in [0.2, 0.25) is 0 Å². The van der Waals surface area contributed by atoms with Crippen molar-refractivity contribution < 1.29 is 13.2 Å². The number of alkyl halides is 3. The van der Waals surface area contributed by atoms with Crippen molar-refractivity contribution in [3.63, 3.8) is 0 Å². The number of nitrogens with zero attached hydrogens (tertiary/aromatic N) is 3. The summed E-state index contributed by atoms with van der Waals surface area (Å²) in [6.07, 6.45) is -4.36. The first-order valence-electron chi connectivity index (χ1n) is 9.19. The molecule has 1 aliphatic heterocycles. The van der Waals surface area contributed by atoms with Crippen LogP contribution in [0.25, 0.3) is 10.2 Å². The molecule has 1 aromatic heterocycles. The molecule has 0 atom stereocenters. The number of anilines is 1. The van der Waals surface area contributed by atoms with Gasteiger partial charge in [0, 0.05) is 45.0 Å². The van der Waals surface area contributed by atoms with Crippen molar-refractivity contribution in [2.75, 3.05) is 37.6 Å². The minimum Gasteiger partial charge on any atom is -0.369 e. The summed E-state index contributed by atoms with van der Waals surface area (Å²) in [4.78, 5) is 5.00. The van der Waals surface area contributed by atoms with E-state index in [2.05, 4.69) is 21.9 Å². The lowest BCUT2D eigenvalue weighted by Crippen LogP contribution is -2.47. The first-order valence-corrected chi connectivity index (χ1v) is 10.0. The molecule has 0 radical (unpaired) electrons. The lowest BCUT2D eigenvalue weighted by Gasteiger charge is -2.36. The Morgan fingerprint density at radius 3 is 2.20 bits per heavy atom. The highest BCUT2D eigenvalue weighted by atomic mass is 35.5. The number of aromatic nitrogens is 1. The number of para-hydroxylation sites is 1. The van der Waals surface area contributed by atoms with Gasteiger partial charge in [0.15, 0.2) is 4.80 Å². The molecule has 10 heteroatoms. The average Bonchev–Trinajstić information content (AvgIpc) is 3.01. The first-order chi connectivity index (χ1) is 13.4. The number of benzene rings is 2. The molecule has 164 valence electrons. The molecule has 1 fully saturated rings. The second kappa shape index (κ2) is 10.0. The number of hydrogen-bond acceptors (Lipinski definition) is 4. The Morgan fingerprint density at radius 1 is 0.900 bits per heavy atom. The van der Waals surface area contributed by atoms with Gasteiger partial charge in [-0.25, -0.2) is 0 Å². The van der Waals surface area contributed by atoms with Crippen LogP contribution in [-0.2, 0) is 12.7 Å². The lowest BCUT2D eigenvalue weighted by molar-refractivity contribution is -0.137. The van der Waals surface area contributed by atoms with Crippen LogP contribution in [0.4, 0.5) is 18.9 Å². The predicted molar refractivity (Wildman–Crippen MR) is 120 cm³/mol. The maximum Gasteiger partial charge on any atom is 0.416 e. The van der Waals surface area contributed by atoms with E-state index in [4.69, 9.17) is 5.41 Å². The second-order valence-electron chi connectivity index (χ2n) is 6.90. The topological polar surface area (TPSA) is 35.3 Å². The van der Waals surface area contributed by atoms with Crippen molar-refractivity contribution in [1.82, 2.24) is 9.47 Å². The van der Waals surface area contributed by atoms with Crippen molar-refractivity contribution in [1.29, 1.82) is 5.41 Å². The van der Waals surface area contributed by atoms with E-state index in [9.17, 15) is 13.2 Å². The molecule has 30 heavy (non-hydrogen) atoms. The van der Waals surface area contributed by atoms with Crippen LogP contribution < -0.4 is 9.70 Å². The molecule has 1 aliphatic rings. The minimum absolute atomic E-state index is 0.